The average Bonchev–Trinajstić information content (AvgIpc) is 3.11. The lowest BCUT2D eigenvalue weighted by Gasteiger charge is -2.36. The summed E-state index contributed by atoms with van der Waals surface area (Å²) in [5, 5.41) is 0. The summed E-state index contributed by atoms with van der Waals surface area (Å²) >= 11 is 0. The Labute approximate surface area is 145 Å². The molecule has 0 N–H and O–H groups in total. The van der Waals surface area contributed by atoms with Crippen LogP contribution < -0.4 is 0 Å². The molecule has 3 rings (SSSR count). The summed E-state index contributed by atoms with van der Waals surface area (Å²) in [6.07, 6.45) is 4.51. The predicted octanol–water partition coefficient (Wildman–Crippen LogP) is 2.93. The Morgan fingerprint density at radius 1 is 1.17 bits per heavy atom. The minimum absolute atomic E-state index is 0.118. The van der Waals surface area contributed by atoms with Gasteiger partial charge in [0, 0.05) is 19.0 Å². The Morgan fingerprint density at radius 2 is 2.00 bits per heavy atom. The summed E-state index contributed by atoms with van der Waals surface area (Å²) in [6, 6.07) is 10.4. The summed E-state index contributed by atoms with van der Waals surface area (Å²) < 4.78 is 5.87. The highest BCUT2D eigenvalue weighted by Gasteiger charge is 2.34. The van der Waals surface area contributed by atoms with E-state index in [2.05, 4.69) is 28.9 Å². The topological polar surface area (TPSA) is 32.8 Å². The molecule has 4 nitrogen and oxygen atoms in total. The summed E-state index contributed by atoms with van der Waals surface area (Å²) in [5.41, 5.74) is 1.21. The molecule has 2 heterocycles. The molecule has 2 saturated heterocycles. The minimum Gasteiger partial charge on any atom is -0.376 e. The van der Waals surface area contributed by atoms with Crippen molar-refractivity contribution in [3.8, 4) is 0 Å². The van der Waals surface area contributed by atoms with E-state index in [1.165, 1.54) is 18.4 Å². The van der Waals surface area contributed by atoms with Crippen molar-refractivity contribution in [2.75, 3.05) is 32.8 Å². The highest BCUT2D eigenvalue weighted by atomic mass is 16.5. The zero-order valence-corrected chi connectivity index (χ0v) is 14.8. The van der Waals surface area contributed by atoms with E-state index in [0.29, 0.717) is 18.4 Å². The lowest BCUT2D eigenvalue weighted by molar-refractivity contribution is -0.137. The number of amides is 1. The van der Waals surface area contributed by atoms with E-state index in [0.717, 1.165) is 45.6 Å². The van der Waals surface area contributed by atoms with Crippen molar-refractivity contribution in [3.63, 3.8) is 0 Å². The summed E-state index contributed by atoms with van der Waals surface area (Å²) in [6.45, 7) is 7.39. The first-order chi connectivity index (χ1) is 11.8. The van der Waals surface area contributed by atoms with Gasteiger partial charge in [-0.1, -0.05) is 43.7 Å². The van der Waals surface area contributed by atoms with Gasteiger partial charge in [-0.25, -0.2) is 0 Å². The van der Waals surface area contributed by atoms with E-state index in [1.54, 1.807) is 0 Å². The third kappa shape index (κ3) is 4.37. The molecule has 0 aliphatic carbocycles. The maximum Gasteiger partial charge on any atom is 0.239 e. The van der Waals surface area contributed by atoms with Crippen molar-refractivity contribution >= 4 is 5.91 Å². The predicted molar refractivity (Wildman–Crippen MR) is 95.7 cm³/mol. The number of carbonyl (C=O) groups is 1. The second kappa shape index (κ2) is 8.63. The second-order valence-electron chi connectivity index (χ2n) is 7.08. The molecule has 2 atom stereocenters. The molecular weight excluding hydrogens is 300 g/mol. The van der Waals surface area contributed by atoms with Crippen LogP contribution in [0.2, 0.25) is 0 Å². The number of nitrogens with zero attached hydrogens (tertiary/aromatic N) is 2. The van der Waals surface area contributed by atoms with Crippen LogP contribution in [0.1, 0.15) is 38.2 Å². The van der Waals surface area contributed by atoms with Gasteiger partial charge in [-0.15, -0.1) is 0 Å². The minimum atomic E-state index is 0.118. The van der Waals surface area contributed by atoms with E-state index in [4.69, 9.17) is 4.74 Å². The largest absolute Gasteiger partial charge is 0.376 e. The maximum absolute atomic E-state index is 12.9. The number of benzene rings is 1. The van der Waals surface area contributed by atoms with Crippen LogP contribution in [0.25, 0.3) is 0 Å². The first kappa shape index (κ1) is 17.4. The third-order valence-electron chi connectivity index (χ3n) is 5.37. The number of likely N-dealkylation sites (N-methyl/N-ethyl adjacent to an activating group) is 1. The number of rotatable bonds is 6. The fourth-order valence-electron chi connectivity index (χ4n) is 3.95. The number of ether oxygens (including phenoxy) is 1. The molecule has 0 bridgehead atoms. The maximum atomic E-state index is 12.9. The molecule has 1 aromatic rings. The molecule has 2 aliphatic heterocycles. The average molecular weight is 330 g/mol. The zero-order chi connectivity index (χ0) is 16.8. The standard InChI is InChI=1S/C20H30N2O2/c1-2-21-12-7-6-10-19(21)20(23)22-13-11-18(14-22)16-24-15-17-8-4-3-5-9-17/h3-5,8-9,18-19H,2,6-7,10-16H2,1H3. The van der Waals surface area contributed by atoms with Crippen LogP contribution in [0, 0.1) is 5.92 Å². The van der Waals surface area contributed by atoms with E-state index >= 15 is 0 Å². The van der Waals surface area contributed by atoms with Crippen molar-refractivity contribution < 1.29 is 9.53 Å². The van der Waals surface area contributed by atoms with Gasteiger partial charge < -0.3 is 9.64 Å². The molecule has 2 aliphatic rings. The highest BCUT2D eigenvalue weighted by Crippen LogP contribution is 2.23. The Bertz CT molecular complexity index is 520. The van der Waals surface area contributed by atoms with E-state index in [1.807, 2.05) is 18.2 Å². The van der Waals surface area contributed by atoms with Crippen LogP contribution >= 0.6 is 0 Å². The van der Waals surface area contributed by atoms with Gasteiger partial charge in [0.2, 0.25) is 5.91 Å². The van der Waals surface area contributed by atoms with Gasteiger partial charge in [0.15, 0.2) is 0 Å². The van der Waals surface area contributed by atoms with Crippen molar-refractivity contribution in [2.45, 2.75) is 45.3 Å². The van der Waals surface area contributed by atoms with Crippen LogP contribution in [-0.4, -0.2) is 54.5 Å². The van der Waals surface area contributed by atoms with Gasteiger partial charge in [0.05, 0.1) is 19.3 Å². The number of hydrogen-bond acceptors (Lipinski definition) is 3. The van der Waals surface area contributed by atoms with Gasteiger partial charge >= 0.3 is 0 Å². The van der Waals surface area contributed by atoms with Gasteiger partial charge in [0.1, 0.15) is 0 Å². The zero-order valence-electron chi connectivity index (χ0n) is 14.8. The normalized spacial score (nSPS) is 25.1. The number of hydrogen-bond donors (Lipinski definition) is 0. The van der Waals surface area contributed by atoms with Crippen LogP contribution in [0.4, 0.5) is 0 Å². The molecule has 132 valence electrons. The van der Waals surface area contributed by atoms with Gasteiger partial charge in [-0.2, -0.15) is 0 Å². The monoisotopic (exact) mass is 330 g/mol. The summed E-state index contributed by atoms with van der Waals surface area (Å²) in [7, 11) is 0. The molecule has 0 saturated carbocycles. The van der Waals surface area contributed by atoms with Crippen molar-refractivity contribution in [1.29, 1.82) is 0 Å². The Hall–Kier alpha value is -1.39. The van der Waals surface area contributed by atoms with Crippen LogP contribution in [0.15, 0.2) is 30.3 Å². The van der Waals surface area contributed by atoms with Crippen molar-refractivity contribution in [3.05, 3.63) is 35.9 Å². The van der Waals surface area contributed by atoms with Gasteiger partial charge in [0.25, 0.3) is 0 Å². The van der Waals surface area contributed by atoms with E-state index in [-0.39, 0.29) is 6.04 Å². The molecule has 4 heteroatoms. The van der Waals surface area contributed by atoms with Crippen molar-refractivity contribution in [1.82, 2.24) is 9.80 Å². The van der Waals surface area contributed by atoms with Gasteiger partial charge in [-0.05, 0) is 37.9 Å². The Kier molecular flexibility index (Phi) is 6.27. The van der Waals surface area contributed by atoms with Crippen LogP contribution in [0.3, 0.4) is 0 Å². The molecular formula is C20H30N2O2. The first-order valence-corrected chi connectivity index (χ1v) is 9.42. The molecule has 0 aromatic heterocycles. The number of carbonyl (C=O) groups excluding carboxylic acids is 1. The number of piperidine rings is 1. The van der Waals surface area contributed by atoms with E-state index in [9.17, 15) is 4.79 Å². The Morgan fingerprint density at radius 3 is 2.79 bits per heavy atom. The van der Waals surface area contributed by atoms with E-state index < -0.39 is 0 Å². The molecule has 2 unspecified atom stereocenters. The quantitative estimate of drug-likeness (QED) is 0.804. The van der Waals surface area contributed by atoms with Gasteiger partial charge in [-0.3, -0.25) is 9.69 Å². The molecule has 0 radical (unpaired) electrons. The lowest BCUT2D eigenvalue weighted by Crippen LogP contribution is -2.50. The van der Waals surface area contributed by atoms with Crippen LogP contribution in [-0.2, 0) is 16.1 Å². The lowest BCUT2D eigenvalue weighted by atomic mass is 10.0. The Balaban J connectivity index is 1.43. The first-order valence-electron chi connectivity index (χ1n) is 9.42. The molecule has 0 spiro atoms. The molecule has 24 heavy (non-hydrogen) atoms. The second-order valence-corrected chi connectivity index (χ2v) is 7.08. The molecule has 1 amide bonds. The highest BCUT2D eigenvalue weighted by molar-refractivity contribution is 5.82. The SMILES string of the molecule is CCN1CCCCC1C(=O)N1CCC(COCc2ccccc2)C1. The molecule has 1 aromatic carbocycles. The fraction of sp³-hybridized carbons (Fsp3) is 0.650. The van der Waals surface area contributed by atoms with Crippen LogP contribution in [0.5, 0.6) is 0 Å². The number of likely N-dealkylation sites (tertiary alicyclic amines) is 2. The fourth-order valence-corrected chi connectivity index (χ4v) is 3.95. The molecule has 2 fully saturated rings. The smallest absolute Gasteiger partial charge is 0.239 e. The van der Waals surface area contributed by atoms with Crippen molar-refractivity contribution in [2.24, 2.45) is 5.92 Å². The summed E-state index contributed by atoms with van der Waals surface area (Å²) in [5.74, 6) is 0.832. The summed E-state index contributed by atoms with van der Waals surface area (Å²) in [4.78, 5) is 17.3. The third-order valence-corrected chi connectivity index (χ3v) is 5.37.